The largest absolute Gasteiger partial charge is 0.334 e. The summed E-state index contributed by atoms with van der Waals surface area (Å²) in [5.74, 6) is 0.781. The normalized spacial score (nSPS) is 14.6. The molecule has 0 saturated carbocycles. The summed E-state index contributed by atoms with van der Waals surface area (Å²) in [6.07, 6.45) is 0. The van der Waals surface area contributed by atoms with Crippen LogP contribution in [0.3, 0.4) is 0 Å². The van der Waals surface area contributed by atoms with E-state index in [0.717, 1.165) is 12.2 Å². The first-order chi connectivity index (χ1) is 8.56. The highest BCUT2D eigenvalue weighted by Crippen LogP contribution is 2.25. The van der Waals surface area contributed by atoms with Crippen molar-refractivity contribution in [2.75, 3.05) is 25.0 Å². The Bertz CT molecular complexity index is 502. The van der Waals surface area contributed by atoms with Gasteiger partial charge in [0.1, 0.15) is 5.78 Å². The molecular formula is C12H13Cl2N3O. The molecule has 4 nitrogen and oxygen atoms in total. The maximum absolute atomic E-state index is 11.1. The molecule has 1 aliphatic rings. The number of hydrogen-bond donors (Lipinski definition) is 1. The summed E-state index contributed by atoms with van der Waals surface area (Å²) in [7, 11) is 0. The molecule has 0 amide bonds. The van der Waals surface area contributed by atoms with E-state index in [1.165, 1.54) is 0 Å². The second kappa shape index (κ2) is 5.59. The first-order valence-corrected chi connectivity index (χ1v) is 6.33. The van der Waals surface area contributed by atoms with Gasteiger partial charge in [0.15, 0.2) is 5.96 Å². The Balaban J connectivity index is 2.10. The second-order valence-corrected chi connectivity index (χ2v) is 4.92. The lowest BCUT2D eigenvalue weighted by Crippen LogP contribution is -2.36. The zero-order valence-electron chi connectivity index (χ0n) is 9.91. The quantitative estimate of drug-likeness (QED) is 0.929. The number of carbonyl (C=O) groups is 1. The van der Waals surface area contributed by atoms with Crippen LogP contribution in [0.5, 0.6) is 0 Å². The molecule has 0 aromatic heterocycles. The van der Waals surface area contributed by atoms with Gasteiger partial charge in [-0.2, -0.15) is 0 Å². The number of nitrogens with one attached hydrogen (secondary N) is 1. The molecule has 0 atom stereocenters. The average molecular weight is 286 g/mol. The molecule has 0 bridgehead atoms. The predicted molar refractivity (Wildman–Crippen MR) is 74.6 cm³/mol. The Kier molecular flexibility index (Phi) is 4.09. The molecule has 0 fully saturated rings. The molecule has 0 aliphatic carbocycles. The van der Waals surface area contributed by atoms with Gasteiger partial charge in [-0.05, 0) is 25.1 Å². The highest BCUT2D eigenvalue weighted by atomic mass is 35.5. The van der Waals surface area contributed by atoms with Crippen LogP contribution < -0.4 is 5.32 Å². The first-order valence-electron chi connectivity index (χ1n) is 5.57. The van der Waals surface area contributed by atoms with Crippen LogP contribution in [-0.4, -0.2) is 36.3 Å². The van der Waals surface area contributed by atoms with Crippen LogP contribution in [-0.2, 0) is 4.79 Å². The van der Waals surface area contributed by atoms with E-state index in [2.05, 4.69) is 10.3 Å². The van der Waals surface area contributed by atoms with E-state index < -0.39 is 0 Å². The van der Waals surface area contributed by atoms with Gasteiger partial charge in [-0.3, -0.25) is 9.79 Å². The van der Waals surface area contributed by atoms with Crippen molar-refractivity contribution in [3.63, 3.8) is 0 Å². The lowest BCUT2D eigenvalue weighted by atomic mass is 10.3. The molecule has 0 unspecified atom stereocenters. The van der Waals surface area contributed by atoms with Crippen LogP contribution in [0, 0.1) is 0 Å². The zero-order chi connectivity index (χ0) is 13.1. The van der Waals surface area contributed by atoms with Crippen molar-refractivity contribution in [3.05, 3.63) is 28.2 Å². The number of rotatable bonds is 3. The lowest BCUT2D eigenvalue weighted by Gasteiger charge is -2.20. The number of nitrogens with zero attached hydrogens (tertiary/aromatic N) is 2. The van der Waals surface area contributed by atoms with E-state index >= 15 is 0 Å². The van der Waals surface area contributed by atoms with Crippen LogP contribution >= 0.6 is 23.2 Å². The van der Waals surface area contributed by atoms with E-state index in [1.54, 1.807) is 25.1 Å². The van der Waals surface area contributed by atoms with E-state index in [4.69, 9.17) is 23.2 Å². The number of benzene rings is 1. The van der Waals surface area contributed by atoms with Crippen LogP contribution in [0.4, 0.5) is 5.69 Å². The first kappa shape index (κ1) is 13.2. The summed E-state index contributed by atoms with van der Waals surface area (Å²) >= 11 is 11.9. The minimum Gasteiger partial charge on any atom is -0.334 e. The van der Waals surface area contributed by atoms with Gasteiger partial charge in [0.25, 0.3) is 0 Å². The molecule has 0 spiro atoms. The van der Waals surface area contributed by atoms with Gasteiger partial charge in [0, 0.05) is 11.6 Å². The summed E-state index contributed by atoms with van der Waals surface area (Å²) < 4.78 is 0. The average Bonchev–Trinajstić information content (AvgIpc) is 2.69. The molecular weight excluding hydrogens is 273 g/mol. The summed E-state index contributed by atoms with van der Waals surface area (Å²) in [6, 6.07) is 5.20. The molecule has 0 radical (unpaired) electrons. The SMILES string of the molecule is CC(=O)CN1CCN=C1Nc1ccc(Cl)cc1Cl. The van der Waals surface area contributed by atoms with Gasteiger partial charge in [-0.1, -0.05) is 23.2 Å². The van der Waals surface area contributed by atoms with Gasteiger partial charge >= 0.3 is 0 Å². The van der Waals surface area contributed by atoms with Crippen molar-refractivity contribution < 1.29 is 4.79 Å². The highest BCUT2D eigenvalue weighted by Gasteiger charge is 2.18. The van der Waals surface area contributed by atoms with Crippen LogP contribution in [0.15, 0.2) is 23.2 Å². The summed E-state index contributed by atoms with van der Waals surface area (Å²) in [6.45, 7) is 3.34. The summed E-state index contributed by atoms with van der Waals surface area (Å²) in [5.41, 5.74) is 0.732. The number of hydrogen-bond acceptors (Lipinski definition) is 4. The number of carbonyl (C=O) groups excluding carboxylic acids is 1. The molecule has 96 valence electrons. The molecule has 1 N–H and O–H groups in total. The van der Waals surface area contributed by atoms with Crippen molar-refractivity contribution in [2.24, 2.45) is 4.99 Å². The Labute approximate surface area is 116 Å². The number of ketones is 1. The number of aliphatic imine (C=N–C) groups is 1. The lowest BCUT2D eigenvalue weighted by molar-refractivity contribution is -0.117. The maximum Gasteiger partial charge on any atom is 0.199 e. The highest BCUT2D eigenvalue weighted by molar-refractivity contribution is 6.36. The van der Waals surface area contributed by atoms with E-state index in [0.29, 0.717) is 29.1 Å². The molecule has 1 aromatic rings. The Morgan fingerprint density at radius 2 is 2.28 bits per heavy atom. The third-order valence-corrected chi connectivity index (χ3v) is 3.07. The Morgan fingerprint density at radius 1 is 1.50 bits per heavy atom. The Morgan fingerprint density at radius 3 is 2.94 bits per heavy atom. The fourth-order valence-corrected chi connectivity index (χ4v) is 2.19. The smallest absolute Gasteiger partial charge is 0.199 e. The fourth-order valence-electron chi connectivity index (χ4n) is 1.74. The summed E-state index contributed by atoms with van der Waals surface area (Å²) in [5, 5.41) is 4.24. The van der Waals surface area contributed by atoms with E-state index in [1.807, 2.05) is 4.90 Å². The molecule has 2 rings (SSSR count). The standard InChI is InChI=1S/C12H13Cl2N3O/c1-8(18)7-17-5-4-15-12(17)16-11-3-2-9(13)6-10(11)14/h2-3,6H,4-5,7H2,1H3,(H,15,16). The molecule has 1 aliphatic heterocycles. The molecule has 0 saturated heterocycles. The minimum atomic E-state index is 0.105. The summed E-state index contributed by atoms with van der Waals surface area (Å²) in [4.78, 5) is 17.4. The molecule has 1 heterocycles. The van der Waals surface area contributed by atoms with Crippen LogP contribution in [0.1, 0.15) is 6.92 Å². The van der Waals surface area contributed by atoms with E-state index in [-0.39, 0.29) is 5.78 Å². The number of halogens is 2. The van der Waals surface area contributed by atoms with Crippen molar-refractivity contribution in [3.8, 4) is 0 Å². The van der Waals surface area contributed by atoms with E-state index in [9.17, 15) is 4.79 Å². The second-order valence-electron chi connectivity index (χ2n) is 4.08. The third kappa shape index (κ3) is 3.15. The number of anilines is 1. The minimum absolute atomic E-state index is 0.105. The number of guanidine groups is 1. The predicted octanol–water partition coefficient (Wildman–Crippen LogP) is 2.67. The van der Waals surface area contributed by atoms with Crippen molar-refractivity contribution >= 4 is 40.6 Å². The maximum atomic E-state index is 11.1. The van der Waals surface area contributed by atoms with Gasteiger partial charge < -0.3 is 10.2 Å². The fraction of sp³-hybridized carbons (Fsp3) is 0.333. The van der Waals surface area contributed by atoms with Gasteiger partial charge in [0.2, 0.25) is 0 Å². The third-order valence-electron chi connectivity index (χ3n) is 2.52. The van der Waals surface area contributed by atoms with Crippen molar-refractivity contribution in [1.82, 2.24) is 4.90 Å². The van der Waals surface area contributed by atoms with Crippen molar-refractivity contribution in [1.29, 1.82) is 0 Å². The van der Waals surface area contributed by atoms with Crippen molar-refractivity contribution in [2.45, 2.75) is 6.92 Å². The zero-order valence-corrected chi connectivity index (χ0v) is 11.4. The number of Topliss-reactive ketones (excluding diaryl/α,β-unsaturated/α-hetero) is 1. The molecule has 18 heavy (non-hydrogen) atoms. The van der Waals surface area contributed by atoms with Crippen LogP contribution in [0.25, 0.3) is 0 Å². The topological polar surface area (TPSA) is 44.7 Å². The van der Waals surface area contributed by atoms with Crippen LogP contribution in [0.2, 0.25) is 10.0 Å². The Hall–Kier alpha value is -1.26. The van der Waals surface area contributed by atoms with Gasteiger partial charge in [-0.25, -0.2) is 0 Å². The van der Waals surface area contributed by atoms with Gasteiger partial charge in [-0.15, -0.1) is 0 Å². The monoisotopic (exact) mass is 285 g/mol. The molecule has 6 heteroatoms. The molecule has 1 aromatic carbocycles. The van der Waals surface area contributed by atoms with Gasteiger partial charge in [0.05, 0.1) is 23.8 Å².